The predicted octanol–water partition coefficient (Wildman–Crippen LogP) is 4.45. The maximum atomic E-state index is 13.4. The molecule has 0 amide bonds. The summed E-state index contributed by atoms with van der Waals surface area (Å²) in [6.07, 6.45) is 4.84. The largest absolute Gasteiger partial charge is 0.206 e. The second-order valence-corrected chi connectivity index (χ2v) is 4.35. The molecule has 0 spiro atoms. The van der Waals surface area contributed by atoms with Crippen LogP contribution in [0.5, 0.6) is 0 Å². The van der Waals surface area contributed by atoms with Crippen molar-refractivity contribution in [1.29, 1.82) is 0 Å². The number of halogens is 1. The van der Waals surface area contributed by atoms with Crippen molar-refractivity contribution in [2.24, 2.45) is 5.92 Å². The molecule has 1 heteroatoms. The minimum atomic E-state index is -0.160. The van der Waals surface area contributed by atoms with E-state index in [-0.39, 0.29) is 5.82 Å². The maximum Gasteiger partial charge on any atom is 0.130 e. The second-order valence-electron chi connectivity index (χ2n) is 4.35. The van der Waals surface area contributed by atoms with Crippen molar-refractivity contribution in [2.45, 2.75) is 33.1 Å². The van der Waals surface area contributed by atoms with Crippen LogP contribution >= 0.6 is 0 Å². The van der Waals surface area contributed by atoms with Crippen LogP contribution in [-0.2, 0) is 6.42 Å². The lowest BCUT2D eigenvalue weighted by molar-refractivity contribution is 0.554. The Bertz CT molecular complexity index is 326. The highest BCUT2D eigenvalue weighted by Gasteiger charge is 2.01. The van der Waals surface area contributed by atoms with E-state index in [1.165, 1.54) is 6.42 Å². The van der Waals surface area contributed by atoms with E-state index in [9.17, 15) is 4.39 Å². The van der Waals surface area contributed by atoms with E-state index in [4.69, 9.17) is 0 Å². The molecule has 0 saturated heterocycles. The Morgan fingerprint density at radius 2 is 2.13 bits per heavy atom. The molecule has 1 aromatic carbocycles. The summed E-state index contributed by atoms with van der Waals surface area (Å²) in [7, 11) is 0. The minimum Gasteiger partial charge on any atom is -0.206 e. The van der Waals surface area contributed by atoms with E-state index in [2.05, 4.69) is 20.4 Å². The fourth-order valence-electron chi connectivity index (χ4n) is 1.61. The molecule has 0 fully saturated rings. The highest BCUT2D eigenvalue weighted by molar-refractivity contribution is 5.48. The Balaban J connectivity index is 2.56. The van der Waals surface area contributed by atoms with Gasteiger partial charge in [0.2, 0.25) is 0 Å². The Hall–Kier alpha value is -1.11. The molecule has 0 nitrogen and oxygen atoms in total. The lowest BCUT2D eigenvalue weighted by Crippen LogP contribution is -1.92. The Kier molecular flexibility index (Phi) is 4.54. The number of aryl methyl sites for hydroxylation is 1. The molecule has 1 rings (SSSR count). The van der Waals surface area contributed by atoms with Crippen LogP contribution in [0.1, 0.15) is 37.8 Å². The SMILES string of the molecule is C=Cc1ccc(CCCC(C)C)cc1F. The van der Waals surface area contributed by atoms with Crippen LogP contribution in [0.4, 0.5) is 4.39 Å². The molecule has 0 radical (unpaired) electrons. The van der Waals surface area contributed by atoms with Crippen LogP contribution in [0.3, 0.4) is 0 Å². The van der Waals surface area contributed by atoms with Crippen LogP contribution in [0.25, 0.3) is 6.08 Å². The van der Waals surface area contributed by atoms with E-state index >= 15 is 0 Å². The van der Waals surface area contributed by atoms with E-state index in [0.29, 0.717) is 5.56 Å². The van der Waals surface area contributed by atoms with Crippen LogP contribution < -0.4 is 0 Å². The molecule has 0 atom stereocenters. The summed E-state index contributed by atoms with van der Waals surface area (Å²) < 4.78 is 13.4. The van der Waals surface area contributed by atoms with Crippen molar-refractivity contribution in [3.05, 3.63) is 41.7 Å². The van der Waals surface area contributed by atoms with Crippen molar-refractivity contribution in [3.8, 4) is 0 Å². The van der Waals surface area contributed by atoms with E-state index in [0.717, 1.165) is 24.3 Å². The molecule has 0 saturated carbocycles. The van der Waals surface area contributed by atoms with Crippen molar-refractivity contribution < 1.29 is 4.39 Å². The fraction of sp³-hybridized carbons (Fsp3) is 0.429. The zero-order valence-electron chi connectivity index (χ0n) is 9.59. The first-order valence-corrected chi connectivity index (χ1v) is 5.54. The third-order valence-corrected chi connectivity index (χ3v) is 2.53. The molecule has 0 aliphatic rings. The van der Waals surface area contributed by atoms with Crippen molar-refractivity contribution in [3.63, 3.8) is 0 Å². The van der Waals surface area contributed by atoms with E-state index in [1.54, 1.807) is 18.2 Å². The van der Waals surface area contributed by atoms with Gasteiger partial charge in [-0.25, -0.2) is 4.39 Å². The topological polar surface area (TPSA) is 0 Å². The standard InChI is InChI=1S/C14H19F/c1-4-13-9-8-12(10-14(13)15)7-5-6-11(2)3/h4,8-11H,1,5-7H2,2-3H3. The summed E-state index contributed by atoms with van der Waals surface area (Å²) in [4.78, 5) is 0. The van der Waals surface area contributed by atoms with Crippen molar-refractivity contribution in [2.75, 3.05) is 0 Å². The number of rotatable bonds is 5. The summed E-state index contributed by atoms with van der Waals surface area (Å²) >= 11 is 0. The van der Waals surface area contributed by atoms with Crippen LogP contribution in [0, 0.1) is 11.7 Å². The number of hydrogen-bond donors (Lipinski definition) is 0. The van der Waals surface area contributed by atoms with Gasteiger partial charge in [0.1, 0.15) is 5.82 Å². The minimum absolute atomic E-state index is 0.160. The molecule has 15 heavy (non-hydrogen) atoms. The summed E-state index contributed by atoms with van der Waals surface area (Å²) in [5.41, 5.74) is 1.67. The molecular weight excluding hydrogens is 187 g/mol. The quantitative estimate of drug-likeness (QED) is 0.667. The smallest absolute Gasteiger partial charge is 0.130 e. The lowest BCUT2D eigenvalue weighted by atomic mass is 10.0. The molecule has 0 unspecified atom stereocenters. The average molecular weight is 206 g/mol. The van der Waals surface area contributed by atoms with Gasteiger partial charge in [-0.1, -0.05) is 45.1 Å². The molecule has 0 aromatic heterocycles. The first kappa shape index (κ1) is 12.0. The van der Waals surface area contributed by atoms with Gasteiger partial charge in [-0.2, -0.15) is 0 Å². The van der Waals surface area contributed by atoms with Gasteiger partial charge in [-0.05, 0) is 30.4 Å². The average Bonchev–Trinajstić information content (AvgIpc) is 2.17. The highest BCUT2D eigenvalue weighted by atomic mass is 19.1. The van der Waals surface area contributed by atoms with Gasteiger partial charge in [-0.3, -0.25) is 0 Å². The Morgan fingerprint density at radius 1 is 1.40 bits per heavy atom. The highest BCUT2D eigenvalue weighted by Crippen LogP contribution is 2.14. The molecule has 0 aliphatic heterocycles. The normalized spacial score (nSPS) is 10.7. The number of benzene rings is 1. The summed E-state index contributed by atoms with van der Waals surface area (Å²) in [5, 5.41) is 0. The van der Waals surface area contributed by atoms with Gasteiger partial charge < -0.3 is 0 Å². The predicted molar refractivity (Wildman–Crippen MR) is 64.3 cm³/mol. The summed E-state index contributed by atoms with van der Waals surface area (Å²) in [6.45, 7) is 7.99. The van der Waals surface area contributed by atoms with Crippen molar-refractivity contribution >= 4 is 6.08 Å². The summed E-state index contributed by atoms with van der Waals surface area (Å²) in [6, 6.07) is 5.41. The molecule has 1 aromatic rings. The molecule has 0 heterocycles. The monoisotopic (exact) mass is 206 g/mol. The van der Waals surface area contributed by atoms with Gasteiger partial charge in [0.25, 0.3) is 0 Å². The zero-order valence-corrected chi connectivity index (χ0v) is 9.59. The second kappa shape index (κ2) is 5.69. The van der Waals surface area contributed by atoms with E-state index < -0.39 is 0 Å². The van der Waals surface area contributed by atoms with Gasteiger partial charge in [0, 0.05) is 5.56 Å². The third-order valence-electron chi connectivity index (χ3n) is 2.53. The summed E-state index contributed by atoms with van der Waals surface area (Å²) in [5.74, 6) is 0.564. The maximum absolute atomic E-state index is 13.4. The number of hydrogen-bond acceptors (Lipinski definition) is 0. The van der Waals surface area contributed by atoms with E-state index in [1.807, 2.05) is 6.07 Å². The molecular formula is C14H19F. The van der Waals surface area contributed by atoms with Gasteiger partial charge in [-0.15, -0.1) is 0 Å². The van der Waals surface area contributed by atoms with Gasteiger partial charge in [0.05, 0.1) is 0 Å². The first-order chi connectivity index (χ1) is 7.13. The molecule has 0 N–H and O–H groups in total. The van der Waals surface area contributed by atoms with Crippen LogP contribution in [-0.4, -0.2) is 0 Å². The van der Waals surface area contributed by atoms with Crippen LogP contribution in [0.2, 0.25) is 0 Å². The molecule has 0 aliphatic carbocycles. The fourth-order valence-corrected chi connectivity index (χ4v) is 1.61. The Morgan fingerprint density at radius 3 is 2.67 bits per heavy atom. The van der Waals surface area contributed by atoms with Gasteiger partial charge in [0.15, 0.2) is 0 Å². The lowest BCUT2D eigenvalue weighted by Gasteiger charge is -2.05. The van der Waals surface area contributed by atoms with Crippen LogP contribution in [0.15, 0.2) is 24.8 Å². The first-order valence-electron chi connectivity index (χ1n) is 5.54. The molecule has 0 bridgehead atoms. The van der Waals surface area contributed by atoms with Crippen molar-refractivity contribution in [1.82, 2.24) is 0 Å². The van der Waals surface area contributed by atoms with Gasteiger partial charge >= 0.3 is 0 Å². The molecule has 82 valence electrons. The third kappa shape index (κ3) is 3.86. The Labute approximate surface area is 91.8 Å². The zero-order chi connectivity index (χ0) is 11.3.